The number of nitrogen functional groups attached to an aromatic ring is 1. The van der Waals surface area contributed by atoms with E-state index in [9.17, 15) is 0 Å². The smallest absolute Gasteiger partial charge is 0.126 e. The van der Waals surface area contributed by atoms with Gasteiger partial charge in [-0.1, -0.05) is 22.0 Å². The molecule has 2 nitrogen and oxygen atoms in total. The lowest BCUT2D eigenvalue weighted by Gasteiger charge is -2.09. The standard InChI is InChI=1S/C12H17BrN2/c1-8-6-10(12(14)15-7-8)4-5-11(13)9-2-3-9/h6-7,9,11H,2-5H2,1H3,(H2,14,15). The molecule has 82 valence electrons. The molecule has 1 heterocycles. The maximum atomic E-state index is 5.84. The summed E-state index contributed by atoms with van der Waals surface area (Å²) in [5.74, 6) is 1.60. The maximum absolute atomic E-state index is 5.84. The van der Waals surface area contributed by atoms with Gasteiger partial charge in [-0.15, -0.1) is 0 Å². The van der Waals surface area contributed by atoms with Crippen LogP contribution in [0.4, 0.5) is 5.82 Å². The molecule has 1 fully saturated rings. The van der Waals surface area contributed by atoms with Gasteiger partial charge in [-0.05, 0) is 49.7 Å². The molecule has 1 aromatic heterocycles. The van der Waals surface area contributed by atoms with Crippen LogP contribution in [0.15, 0.2) is 12.3 Å². The Balaban J connectivity index is 1.94. The van der Waals surface area contributed by atoms with E-state index >= 15 is 0 Å². The first-order valence-corrected chi connectivity index (χ1v) is 6.43. The van der Waals surface area contributed by atoms with Gasteiger partial charge in [-0.3, -0.25) is 0 Å². The molecule has 2 N–H and O–H groups in total. The monoisotopic (exact) mass is 268 g/mol. The first-order chi connectivity index (χ1) is 7.16. The topological polar surface area (TPSA) is 38.9 Å². The Morgan fingerprint density at radius 2 is 2.33 bits per heavy atom. The Bertz CT molecular complexity index is 347. The van der Waals surface area contributed by atoms with Crippen LogP contribution >= 0.6 is 15.9 Å². The van der Waals surface area contributed by atoms with Gasteiger partial charge >= 0.3 is 0 Å². The summed E-state index contributed by atoms with van der Waals surface area (Å²) in [5.41, 5.74) is 8.23. The van der Waals surface area contributed by atoms with Crippen molar-refractivity contribution in [1.29, 1.82) is 0 Å². The van der Waals surface area contributed by atoms with Crippen LogP contribution in [0.3, 0.4) is 0 Å². The second-order valence-corrected chi connectivity index (χ2v) is 5.63. The molecule has 1 unspecified atom stereocenters. The summed E-state index contributed by atoms with van der Waals surface area (Å²) in [6.07, 6.45) is 6.80. The second kappa shape index (κ2) is 4.52. The Morgan fingerprint density at radius 3 is 3.00 bits per heavy atom. The van der Waals surface area contributed by atoms with E-state index in [1.54, 1.807) is 0 Å². The van der Waals surface area contributed by atoms with Gasteiger partial charge in [-0.2, -0.15) is 0 Å². The number of rotatable bonds is 4. The number of pyridine rings is 1. The van der Waals surface area contributed by atoms with Crippen LogP contribution in [-0.2, 0) is 6.42 Å². The molecule has 1 saturated carbocycles. The summed E-state index contributed by atoms with van der Waals surface area (Å²) in [6, 6.07) is 2.15. The van der Waals surface area contributed by atoms with E-state index in [-0.39, 0.29) is 0 Å². The molecule has 1 aromatic rings. The van der Waals surface area contributed by atoms with E-state index in [0.29, 0.717) is 10.6 Å². The highest BCUT2D eigenvalue weighted by atomic mass is 79.9. The van der Waals surface area contributed by atoms with Crippen LogP contribution in [0, 0.1) is 12.8 Å². The number of aromatic nitrogens is 1. The van der Waals surface area contributed by atoms with Crippen LogP contribution in [0.25, 0.3) is 0 Å². The van der Waals surface area contributed by atoms with E-state index < -0.39 is 0 Å². The average Bonchev–Trinajstić information content (AvgIpc) is 3.02. The lowest BCUT2D eigenvalue weighted by molar-refractivity contribution is 0.696. The van der Waals surface area contributed by atoms with Crippen molar-refractivity contribution in [2.75, 3.05) is 5.73 Å². The zero-order chi connectivity index (χ0) is 10.8. The van der Waals surface area contributed by atoms with Gasteiger partial charge in [0.2, 0.25) is 0 Å². The molecule has 15 heavy (non-hydrogen) atoms. The van der Waals surface area contributed by atoms with E-state index in [2.05, 4.69) is 33.9 Å². The van der Waals surface area contributed by atoms with E-state index in [1.165, 1.54) is 30.4 Å². The Kier molecular flexibility index (Phi) is 3.29. The number of nitrogens with two attached hydrogens (primary N) is 1. The highest BCUT2D eigenvalue weighted by Gasteiger charge is 2.28. The predicted molar refractivity (Wildman–Crippen MR) is 67.1 cm³/mol. The number of alkyl halides is 1. The fourth-order valence-electron chi connectivity index (χ4n) is 1.83. The quantitative estimate of drug-likeness (QED) is 0.853. The van der Waals surface area contributed by atoms with Crippen LogP contribution in [0.5, 0.6) is 0 Å². The van der Waals surface area contributed by atoms with Crippen LogP contribution < -0.4 is 5.73 Å². The highest BCUT2D eigenvalue weighted by Crippen LogP contribution is 2.38. The molecule has 0 aliphatic heterocycles. The minimum absolute atomic E-state index is 0.664. The first kappa shape index (κ1) is 10.9. The first-order valence-electron chi connectivity index (χ1n) is 5.52. The lowest BCUT2D eigenvalue weighted by atomic mass is 10.1. The van der Waals surface area contributed by atoms with E-state index in [1.807, 2.05) is 6.20 Å². The van der Waals surface area contributed by atoms with Gasteiger partial charge in [0.1, 0.15) is 5.82 Å². The third kappa shape index (κ3) is 2.94. The van der Waals surface area contributed by atoms with Crippen molar-refractivity contribution < 1.29 is 0 Å². The molecule has 0 bridgehead atoms. The molecule has 0 radical (unpaired) electrons. The number of aryl methyl sites for hydroxylation is 2. The number of halogens is 1. The van der Waals surface area contributed by atoms with Crippen molar-refractivity contribution >= 4 is 21.7 Å². The molecular formula is C12H17BrN2. The summed E-state index contributed by atoms with van der Waals surface area (Å²) >= 11 is 3.74. The molecule has 2 rings (SSSR count). The summed E-state index contributed by atoms with van der Waals surface area (Å²) < 4.78 is 0. The van der Waals surface area contributed by atoms with Crippen molar-refractivity contribution in [2.24, 2.45) is 5.92 Å². The fraction of sp³-hybridized carbons (Fsp3) is 0.583. The Labute approximate surface area is 99.4 Å². The Morgan fingerprint density at radius 1 is 1.60 bits per heavy atom. The zero-order valence-corrected chi connectivity index (χ0v) is 10.6. The molecule has 0 spiro atoms. The van der Waals surface area contributed by atoms with Gasteiger partial charge in [0.25, 0.3) is 0 Å². The number of anilines is 1. The summed E-state index contributed by atoms with van der Waals surface area (Å²) in [7, 11) is 0. The van der Waals surface area contributed by atoms with Crippen molar-refractivity contribution in [3.05, 3.63) is 23.4 Å². The number of nitrogens with zero attached hydrogens (tertiary/aromatic N) is 1. The summed E-state index contributed by atoms with van der Waals surface area (Å²) in [4.78, 5) is 4.84. The number of hydrogen-bond donors (Lipinski definition) is 1. The summed E-state index contributed by atoms with van der Waals surface area (Å²) in [6.45, 7) is 2.06. The molecule has 3 heteroatoms. The average molecular weight is 269 g/mol. The van der Waals surface area contributed by atoms with E-state index in [0.717, 1.165) is 12.3 Å². The van der Waals surface area contributed by atoms with Crippen LogP contribution in [0.1, 0.15) is 30.4 Å². The van der Waals surface area contributed by atoms with Crippen molar-refractivity contribution in [3.63, 3.8) is 0 Å². The highest BCUT2D eigenvalue weighted by molar-refractivity contribution is 9.09. The van der Waals surface area contributed by atoms with Crippen molar-refractivity contribution in [2.45, 2.75) is 37.4 Å². The van der Waals surface area contributed by atoms with Crippen molar-refractivity contribution in [3.8, 4) is 0 Å². The van der Waals surface area contributed by atoms with Gasteiger partial charge in [0, 0.05) is 11.0 Å². The molecule has 1 aliphatic rings. The van der Waals surface area contributed by atoms with Crippen LogP contribution in [-0.4, -0.2) is 9.81 Å². The van der Waals surface area contributed by atoms with Gasteiger partial charge < -0.3 is 5.73 Å². The molecule has 0 amide bonds. The zero-order valence-electron chi connectivity index (χ0n) is 9.04. The third-order valence-corrected chi connectivity index (χ3v) is 4.17. The number of hydrogen-bond acceptors (Lipinski definition) is 2. The third-order valence-electron chi connectivity index (χ3n) is 2.96. The molecule has 1 aliphatic carbocycles. The normalized spacial score (nSPS) is 17.7. The second-order valence-electron chi connectivity index (χ2n) is 4.45. The van der Waals surface area contributed by atoms with Gasteiger partial charge in [0.15, 0.2) is 0 Å². The molecular weight excluding hydrogens is 252 g/mol. The molecule has 0 aromatic carbocycles. The van der Waals surface area contributed by atoms with E-state index in [4.69, 9.17) is 5.73 Å². The van der Waals surface area contributed by atoms with Crippen LogP contribution in [0.2, 0.25) is 0 Å². The van der Waals surface area contributed by atoms with Crippen molar-refractivity contribution in [1.82, 2.24) is 4.98 Å². The predicted octanol–water partition coefficient (Wildman–Crippen LogP) is 3.08. The Hall–Kier alpha value is -0.570. The van der Waals surface area contributed by atoms with Gasteiger partial charge in [-0.25, -0.2) is 4.98 Å². The van der Waals surface area contributed by atoms with Gasteiger partial charge in [0.05, 0.1) is 0 Å². The lowest BCUT2D eigenvalue weighted by Crippen LogP contribution is -2.05. The minimum atomic E-state index is 0.664. The summed E-state index contributed by atoms with van der Waals surface area (Å²) in [5, 5.41) is 0. The molecule has 1 atom stereocenters. The SMILES string of the molecule is Cc1cnc(N)c(CCC(Br)C2CC2)c1. The minimum Gasteiger partial charge on any atom is -0.383 e. The molecule has 0 saturated heterocycles. The maximum Gasteiger partial charge on any atom is 0.126 e. The fourth-order valence-corrected chi connectivity index (χ4v) is 2.59. The largest absolute Gasteiger partial charge is 0.383 e.